The number of rotatable bonds is 7. The van der Waals surface area contributed by atoms with Gasteiger partial charge in [0.2, 0.25) is 0 Å². The number of nitrogens with zero attached hydrogens (tertiary/aromatic N) is 3. The lowest BCUT2D eigenvalue weighted by atomic mass is 10.1. The molecule has 190 valence electrons. The van der Waals surface area contributed by atoms with Crippen LogP contribution in [-0.2, 0) is 7.05 Å². The highest BCUT2D eigenvalue weighted by Gasteiger charge is 2.31. The van der Waals surface area contributed by atoms with E-state index in [0.717, 1.165) is 12.1 Å². The fourth-order valence-corrected chi connectivity index (χ4v) is 3.41. The highest BCUT2D eigenvalue weighted by atomic mass is 19.4. The number of hydrogen-bond acceptors (Lipinski definition) is 6. The van der Waals surface area contributed by atoms with E-state index < -0.39 is 24.1 Å². The van der Waals surface area contributed by atoms with Gasteiger partial charge in [0.25, 0.3) is 5.91 Å². The van der Waals surface area contributed by atoms with Crippen molar-refractivity contribution in [3.63, 3.8) is 0 Å². The summed E-state index contributed by atoms with van der Waals surface area (Å²) in [6.07, 6.45) is -3.20. The predicted octanol–water partition coefficient (Wildman–Crippen LogP) is 4.87. The molecular weight excluding hydrogens is 491 g/mol. The first-order chi connectivity index (χ1) is 17.6. The molecule has 0 radical (unpaired) electrons. The van der Waals surface area contributed by atoms with Crippen LogP contribution in [0.25, 0.3) is 11.3 Å². The van der Waals surface area contributed by atoms with Crippen molar-refractivity contribution in [2.75, 3.05) is 16.0 Å². The first-order valence-corrected chi connectivity index (χ1v) is 10.7. The van der Waals surface area contributed by atoms with Crippen LogP contribution in [0.15, 0.2) is 72.9 Å². The zero-order valence-corrected chi connectivity index (χ0v) is 19.2. The molecule has 0 unspecified atom stereocenters. The second kappa shape index (κ2) is 10.3. The van der Waals surface area contributed by atoms with E-state index in [1.165, 1.54) is 16.8 Å². The van der Waals surface area contributed by atoms with Crippen molar-refractivity contribution in [3.05, 3.63) is 78.5 Å². The number of primary amides is 1. The van der Waals surface area contributed by atoms with Gasteiger partial charge in [-0.15, -0.1) is 13.2 Å². The lowest BCUT2D eigenvalue weighted by Crippen LogP contribution is -2.19. The van der Waals surface area contributed by atoms with E-state index in [-0.39, 0.29) is 11.3 Å². The highest BCUT2D eigenvalue weighted by Crippen LogP contribution is 2.30. The summed E-state index contributed by atoms with van der Waals surface area (Å²) in [5.74, 6) is -0.214. The molecule has 0 aliphatic carbocycles. The second-order valence-electron chi connectivity index (χ2n) is 7.63. The van der Waals surface area contributed by atoms with Crippen LogP contribution in [0.1, 0.15) is 10.4 Å². The number of ether oxygens (including phenoxy) is 1. The number of amides is 3. The van der Waals surface area contributed by atoms with Crippen LogP contribution < -0.4 is 26.4 Å². The quantitative estimate of drug-likeness (QED) is 0.280. The van der Waals surface area contributed by atoms with Crippen LogP contribution in [0.2, 0.25) is 0 Å². The van der Waals surface area contributed by atoms with Gasteiger partial charge in [-0.25, -0.2) is 9.78 Å². The van der Waals surface area contributed by atoms with Crippen molar-refractivity contribution in [1.29, 1.82) is 0 Å². The smallest absolute Gasteiger partial charge is 0.406 e. The van der Waals surface area contributed by atoms with E-state index in [1.54, 1.807) is 55.7 Å². The molecule has 3 amide bonds. The third kappa shape index (κ3) is 6.33. The Hall–Kier alpha value is -5.07. The minimum Gasteiger partial charge on any atom is -0.406 e. The number of hydrogen-bond donors (Lipinski definition) is 4. The summed E-state index contributed by atoms with van der Waals surface area (Å²) >= 11 is 0. The monoisotopic (exact) mass is 511 g/mol. The fourth-order valence-electron chi connectivity index (χ4n) is 3.41. The van der Waals surface area contributed by atoms with Crippen molar-refractivity contribution in [2.45, 2.75) is 6.36 Å². The Morgan fingerprint density at radius 2 is 1.57 bits per heavy atom. The molecule has 0 saturated carbocycles. The van der Waals surface area contributed by atoms with Crippen LogP contribution >= 0.6 is 0 Å². The molecule has 2 aromatic carbocycles. The number of alkyl halides is 3. The largest absolute Gasteiger partial charge is 0.573 e. The molecule has 0 spiro atoms. The lowest BCUT2D eigenvalue weighted by Gasteiger charge is -2.11. The Morgan fingerprint density at radius 3 is 2.11 bits per heavy atom. The molecule has 37 heavy (non-hydrogen) atoms. The van der Waals surface area contributed by atoms with Crippen molar-refractivity contribution in [3.8, 4) is 17.0 Å². The second-order valence-corrected chi connectivity index (χ2v) is 7.63. The summed E-state index contributed by atoms with van der Waals surface area (Å²) in [7, 11) is 1.66. The van der Waals surface area contributed by atoms with Gasteiger partial charge in [-0.05, 0) is 48.5 Å². The van der Waals surface area contributed by atoms with Crippen molar-refractivity contribution in [2.24, 2.45) is 12.8 Å². The van der Waals surface area contributed by atoms with Gasteiger partial charge >= 0.3 is 12.4 Å². The standard InChI is InChI=1S/C24H20F3N7O3/c1-34-22(32-18-4-2-3-13-29-18)19(21(28)35)20(33-34)14-5-7-15(8-6-14)30-23(36)31-16-9-11-17(12-10-16)37-24(25,26)27/h2-13H,1H3,(H2,28,35)(H,29,32)(H2,30,31,36). The Balaban J connectivity index is 1.46. The molecule has 4 rings (SSSR count). The van der Waals surface area contributed by atoms with E-state index >= 15 is 0 Å². The Bertz CT molecular complexity index is 1400. The first-order valence-electron chi connectivity index (χ1n) is 10.7. The number of aromatic nitrogens is 3. The van der Waals surface area contributed by atoms with Crippen LogP contribution in [0.3, 0.4) is 0 Å². The van der Waals surface area contributed by atoms with E-state index in [2.05, 4.69) is 30.8 Å². The number of carbonyl (C=O) groups is 2. The molecule has 4 aromatic rings. The number of anilines is 4. The number of nitrogens with two attached hydrogens (primary N) is 1. The van der Waals surface area contributed by atoms with E-state index in [9.17, 15) is 22.8 Å². The molecule has 13 heteroatoms. The average molecular weight is 511 g/mol. The maximum Gasteiger partial charge on any atom is 0.573 e. The maximum absolute atomic E-state index is 12.3. The summed E-state index contributed by atoms with van der Waals surface area (Å²) in [4.78, 5) is 28.7. The molecule has 0 aliphatic heterocycles. The summed E-state index contributed by atoms with van der Waals surface area (Å²) in [5, 5.41) is 12.6. The normalized spacial score (nSPS) is 11.0. The van der Waals surface area contributed by atoms with Gasteiger partial charge < -0.3 is 26.4 Å². The summed E-state index contributed by atoms with van der Waals surface area (Å²) in [6.45, 7) is 0. The topological polar surface area (TPSA) is 136 Å². The SMILES string of the molecule is Cn1nc(-c2ccc(NC(=O)Nc3ccc(OC(F)(F)F)cc3)cc2)c(C(N)=O)c1Nc1ccccn1. The molecule has 5 N–H and O–H groups in total. The molecule has 0 atom stereocenters. The molecule has 0 fully saturated rings. The Morgan fingerprint density at radius 1 is 0.946 bits per heavy atom. The van der Waals surface area contributed by atoms with Gasteiger partial charge in [-0.3, -0.25) is 9.48 Å². The van der Waals surface area contributed by atoms with Crippen molar-refractivity contribution in [1.82, 2.24) is 14.8 Å². The van der Waals surface area contributed by atoms with Crippen LogP contribution in [0, 0.1) is 0 Å². The van der Waals surface area contributed by atoms with Crippen LogP contribution in [0.4, 0.5) is 41.0 Å². The zero-order chi connectivity index (χ0) is 26.6. The van der Waals surface area contributed by atoms with Gasteiger partial charge in [0.15, 0.2) is 0 Å². The molecule has 2 heterocycles. The van der Waals surface area contributed by atoms with Gasteiger partial charge in [-0.2, -0.15) is 5.10 Å². The Labute approximate surface area is 208 Å². The van der Waals surface area contributed by atoms with E-state index in [0.29, 0.717) is 28.6 Å². The summed E-state index contributed by atoms with van der Waals surface area (Å²) < 4.78 is 42.1. The number of carbonyl (C=O) groups excluding carboxylic acids is 2. The number of pyridine rings is 1. The van der Waals surface area contributed by atoms with Crippen molar-refractivity contribution < 1.29 is 27.5 Å². The van der Waals surface area contributed by atoms with Crippen LogP contribution in [0.5, 0.6) is 5.75 Å². The van der Waals surface area contributed by atoms with Gasteiger partial charge in [0.05, 0.1) is 0 Å². The summed E-state index contributed by atoms with van der Waals surface area (Å²) in [5.41, 5.74) is 7.41. The molecule has 0 saturated heterocycles. The fraction of sp³-hybridized carbons (Fsp3) is 0.0833. The highest BCUT2D eigenvalue weighted by molar-refractivity contribution is 6.04. The van der Waals surface area contributed by atoms with Gasteiger partial charge in [0, 0.05) is 30.2 Å². The van der Waals surface area contributed by atoms with Gasteiger partial charge in [-0.1, -0.05) is 18.2 Å². The minimum absolute atomic E-state index is 0.171. The number of aryl methyl sites for hydroxylation is 1. The summed E-state index contributed by atoms with van der Waals surface area (Å²) in [6, 6.07) is 15.9. The van der Waals surface area contributed by atoms with Crippen molar-refractivity contribution >= 4 is 34.9 Å². The predicted molar refractivity (Wildman–Crippen MR) is 130 cm³/mol. The van der Waals surface area contributed by atoms with Gasteiger partial charge in [0.1, 0.15) is 28.6 Å². The minimum atomic E-state index is -4.80. The molecule has 2 aromatic heterocycles. The number of nitrogens with one attached hydrogen (secondary N) is 3. The molecular formula is C24H20F3N7O3. The zero-order valence-electron chi connectivity index (χ0n) is 19.2. The number of urea groups is 1. The molecule has 10 nitrogen and oxygen atoms in total. The number of halogens is 3. The maximum atomic E-state index is 12.3. The third-order valence-electron chi connectivity index (χ3n) is 4.97. The van der Waals surface area contributed by atoms with Crippen LogP contribution in [-0.4, -0.2) is 33.1 Å². The van der Waals surface area contributed by atoms with E-state index in [1.807, 2.05) is 0 Å². The first kappa shape index (κ1) is 25.0. The lowest BCUT2D eigenvalue weighted by molar-refractivity contribution is -0.274. The number of benzene rings is 2. The van der Waals surface area contributed by atoms with E-state index in [4.69, 9.17) is 5.73 Å². The average Bonchev–Trinajstić information content (AvgIpc) is 3.16. The molecule has 0 aliphatic rings. The Kier molecular flexibility index (Phi) is 6.95. The third-order valence-corrected chi connectivity index (χ3v) is 4.97. The molecule has 0 bridgehead atoms.